The molecule has 0 atom stereocenters. The molecule has 1 aliphatic rings. The zero-order valence-electron chi connectivity index (χ0n) is 27.9. The number of unbranched alkanes of at least 4 members (excludes halogenated alkanes) is 1. The molecular weight excluding hydrogens is 687 g/mol. The highest BCUT2D eigenvalue weighted by molar-refractivity contribution is 7.46. The fourth-order valence-electron chi connectivity index (χ4n) is 5.61. The third kappa shape index (κ3) is 9.38. The van der Waals surface area contributed by atoms with Crippen LogP contribution in [0.25, 0.3) is 21.9 Å². The van der Waals surface area contributed by atoms with Gasteiger partial charge in [-0.05, 0) is 30.5 Å². The Hall–Kier alpha value is -5.09. The fraction of sp³-hybridized carbons (Fsp3) is 0.394. The van der Waals surface area contributed by atoms with Crippen molar-refractivity contribution < 1.29 is 52.7 Å². The Kier molecular flexibility index (Phi) is 11.9. The summed E-state index contributed by atoms with van der Waals surface area (Å²) in [7, 11) is -4.97. The van der Waals surface area contributed by atoms with E-state index in [-0.39, 0.29) is 56.9 Å². The maximum absolute atomic E-state index is 12.1. The van der Waals surface area contributed by atoms with Gasteiger partial charge < -0.3 is 34.8 Å². The number of hydroxylamine groups is 2. The number of hydrogen-bond acceptors (Lipinski definition) is 12. The topological polar surface area (TPSA) is 246 Å². The molecule has 3 heterocycles. The molecule has 2 aromatic carbocycles. The van der Waals surface area contributed by atoms with Crippen LogP contribution in [0, 0.1) is 0 Å². The van der Waals surface area contributed by atoms with Gasteiger partial charge in [0.15, 0.2) is 17.3 Å². The molecule has 51 heavy (non-hydrogen) atoms. The number of carbonyl (C=O) groups is 4. The highest BCUT2D eigenvalue weighted by Crippen LogP contribution is 2.44. The number of nitrogens with zero attached hydrogens (tertiary/aromatic N) is 4. The van der Waals surface area contributed by atoms with E-state index in [0.717, 1.165) is 23.8 Å². The number of imidazole rings is 1. The van der Waals surface area contributed by atoms with Crippen LogP contribution in [0.2, 0.25) is 0 Å². The van der Waals surface area contributed by atoms with E-state index in [1.54, 1.807) is 12.1 Å². The molecule has 17 nitrogen and oxygen atoms in total. The molecular formula is C33H39N6O11P. The number of benzene rings is 2. The van der Waals surface area contributed by atoms with Crippen LogP contribution in [-0.4, -0.2) is 77.9 Å². The van der Waals surface area contributed by atoms with Crippen LogP contribution < -0.4 is 15.6 Å². The van der Waals surface area contributed by atoms with Gasteiger partial charge in [0.25, 0.3) is 11.8 Å². The second-order valence-corrected chi connectivity index (χ2v) is 13.0. The number of nitrogen functional groups attached to an aromatic ring is 1. The summed E-state index contributed by atoms with van der Waals surface area (Å²) in [4.78, 5) is 80.2. The molecule has 0 bridgehead atoms. The van der Waals surface area contributed by atoms with Gasteiger partial charge in [0.1, 0.15) is 11.3 Å². The number of phenols is 1. The lowest BCUT2D eigenvalue weighted by molar-refractivity contribution is -0.197. The minimum Gasteiger partial charge on any atom is -0.504 e. The van der Waals surface area contributed by atoms with E-state index in [0.29, 0.717) is 52.4 Å². The molecule has 0 radical (unpaired) electrons. The molecule has 1 saturated heterocycles. The number of aromatic hydroxyl groups is 1. The first-order chi connectivity index (χ1) is 24.3. The van der Waals surface area contributed by atoms with Gasteiger partial charge in [0.2, 0.25) is 5.91 Å². The molecule has 2 aromatic heterocycles. The van der Waals surface area contributed by atoms with Crippen LogP contribution >= 0.6 is 7.82 Å². The fourth-order valence-corrected chi connectivity index (χ4v) is 6.06. The Bertz CT molecular complexity index is 1990. The number of aromatic nitrogens is 3. The molecule has 5 rings (SSSR count). The van der Waals surface area contributed by atoms with Gasteiger partial charge in [-0.15, -0.1) is 5.06 Å². The number of ether oxygens (including phenoxy) is 1. The van der Waals surface area contributed by atoms with E-state index in [1.807, 2.05) is 22.8 Å². The number of para-hydroxylation sites is 1. The van der Waals surface area contributed by atoms with Crippen LogP contribution in [0.1, 0.15) is 62.4 Å². The number of phosphoric ester groups is 1. The summed E-state index contributed by atoms with van der Waals surface area (Å²) in [6.07, 6.45) is 2.36. The quantitative estimate of drug-likeness (QED) is 0.0597. The van der Waals surface area contributed by atoms with Gasteiger partial charge in [0.05, 0.1) is 37.2 Å². The largest absolute Gasteiger partial charge is 0.524 e. The molecule has 3 amide bonds. The Morgan fingerprint density at radius 2 is 1.80 bits per heavy atom. The number of nitrogens with one attached hydrogen (secondary N) is 1. The van der Waals surface area contributed by atoms with Gasteiger partial charge >= 0.3 is 13.8 Å². The number of carbonyl (C=O) groups excluding carboxylic acids is 4. The lowest BCUT2D eigenvalue weighted by Crippen LogP contribution is -2.33. The van der Waals surface area contributed by atoms with Gasteiger partial charge in [-0.1, -0.05) is 37.6 Å². The van der Waals surface area contributed by atoms with Crippen LogP contribution in [-0.2, 0) is 52.7 Å². The normalized spacial score (nSPS) is 13.4. The number of imide groups is 1. The first kappa shape index (κ1) is 37.2. The molecule has 0 unspecified atom stereocenters. The van der Waals surface area contributed by atoms with E-state index in [4.69, 9.17) is 24.8 Å². The first-order valence-corrected chi connectivity index (χ1v) is 17.9. The van der Waals surface area contributed by atoms with Gasteiger partial charge in [-0.25, -0.2) is 19.3 Å². The first-order valence-electron chi connectivity index (χ1n) is 16.4. The molecule has 0 aliphatic carbocycles. The predicted molar refractivity (Wildman–Crippen MR) is 182 cm³/mol. The molecule has 0 saturated carbocycles. The van der Waals surface area contributed by atoms with Crippen LogP contribution in [0.4, 0.5) is 5.82 Å². The Morgan fingerprint density at radius 1 is 1.04 bits per heavy atom. The summed E-state index contributed by atoms with van der Waals surface area (Å²) >= 11 is 0. The van der Waals surface area contributed by atoms with Crippen molar-refractivity contribution in [2.45, 2.75) is 64.8 Å². The number of hydrogen-bond donors (Lipinski definition) is 5. The van der Waals surface area contributed by atoms with Crippen molar-refractivity contribution in [3.05, 3.63) is 53.3 Å². The second kappa shape index (κ2) is 16.3. The second-order valence-electron chi connectivity index (χ2n) is 11.9. The number of phenolic OH excluding ortho intramolecular Hbond substituents is 1. The summed E-state index contributed by atoms with van der Waals surface area (Å²) in [5.41, 5.74) is 9.42. The van der Waals surface area contributed by atoms with Crippen molar-refractivity contribution in [1.29, 1.82) is 0 Å². The zero-order chi connectivity index (χ0) is 36.7. The van der Waals surface area contributed by atoms with Crippen molar-refractivity contribution in [3.8, 4) is 11.5 Å². The number of phosphoric acid groups is 1. The van der Waals surface area contributed by atoms with E-state index >= 15 is 0 Å². The molecule has 1 aliphatic heterocycles. The van der Waals surface area contributed by atoms with Gasteiger partial charge in [-0.3, -0.25) is 24.2 Å². The number of rotatable bonds is 17. The number of amides is 3. The van der Waals surface area contributed by atoms with E-state index in [9.17, 15) is 38.6 Å². The molecule has 18 heteroatoms. The number of fused-ring (bicyclic) bond motifs is 3. The van der Waals surface area contributed by atoms with Crippen molar-refractivity contribution in [2.75, 3.05) is 25.5 Å². The van der Waals surface area contributed by atoms with Crippen molar-refractivity contribution >= 4 is 59.3 Å². The van der Waals surface area contributed by atoms with E-state index in [1.165, 1.54) is 6.07 Å². The maximum Gasteiger partial charge on any atom is 0.524 e. The number of nitrogens with two attached hydrogens (primary N) is 1. The Morgan fingerprint density at radius 3 is 2.53 bits per heavy atom. The minimum absolute atomic E-state index is 0.0119. The third-order valence-electron chi connectivity index (χ3n) is 8.07. The summed E-state index contributed by atoms with van der Waals surface area (Å²) < 4.78 is 24.1. The summed E-state index contributed by atoms with van der Waals surface area (Å²) in [5, 5.41) is 14.2. The third-order valence-corrected chi connectivity index (χ3v) is 8.49. The Labute approximate surface area is 291 Å². The zero-order valence-corrected chi connectivity index (χ0v) is 28.8. The number of aryl methyl sites for hydroxylation is 1. The highest BCUT2D eigenvalue weighted by Gasteiger charge is 2.33. The average Bonchev–Trinajstić information content (AvgIpc) is 3.60. The SMILES string of the molecule is CCCCc1nc2c(N)nc3cc(CCOCCNC(=O)CCC(=O)ON4C(=O)CCC4=O)ccc3c2n1Cc1cccc(O)c1OP(=O)(O)O. The van der Waals surface area contributed by atoms with Gasteiger partial charge in [-0.2, -0.15) is 0 Å². The lowest BCUT2D eigenvalue weighted by atomic mass is 10.1. The highest BCUT2D eigenvalue weighted by atomic mass is 31.2. The van der Waals surface area contributed by atoms with E-state index < -0.39 is 37.3 Å². The smallest absolute Gasteiger partial charge is 0.504 e. The van der Waals surface area contributed by atoms with Crippen molar-refractivity contribution in [2.24, 2.45) is 0 Å². The number of anilines is 1. The van der Waals surface area contributed by atoms with Crippen LogP contribution in [0.5, 0.6) is 11.5 Å². The molecule has 272 valence electrons. The van der Waals surface area contributed by atoms with Crippen molar-refractivity contribution in [3.63, 3.8) is 0 Å². The number of pyridine rings is 1. The standard InChI is InChI=1S/C33H39N6O11P/c1-2-3-7-25-37-30-31(38(25)19-21-5-4-6-24(40)32(21)50-51(45,46)47)22-9-8-20(18-23(22)36-33(30)34)14-16-48-17-15-35-26(41)10-13-29(44)49-39-27(42)11-12-28(39)43/h4-6,8-9,18,40H,2-3,7,10-17,19H2,1H3,(H2,34,36)(H,35,41)(H2,45,46,47). The monoisotopic (exact) mass is 726 g/mol. The van der Waals surface area contributed by atoms with Gasteiger partial charge in [0, 0.05) is 43.2 Å². The average molecular weight is 727 g/mol. The predicted octanol–water partition coefficient (Wildman–Crippen LogP) is 2.80. The molecule has 6 N–H and O–H groups in total. The molecule has 0 spiro atoms. The Balaban J connectivity index is 1.21. The summed E-state index contributed by atoms with van der Waals surface area (Å²) in [6, 6.07) is 10.2. The minimum atomic E-state index is -4.97. The van der Waals surface area contributed by atoms with Crippen molar-refractivity contribution in [1.82, 2.24) is 24.9 Å². The van der Waals surface area contributed by atoms with Crippen LogP contribution in [0.15, 0.2) is 36.4 Å². The maximum atomic E-state index is 12.1. The summed E-state index contributed by atoms with van der Waals surface area (Å²) in [6.45, 7) is 2.89. The van der Waals surface area contributed by atoms with E-state index in [2.05, 4.69) is 17.2 Å². The summed E-state index contributed by atoms with van der Waals surface area (Å²) in [5.74, 6) is -2.26. The van der Waals surface area contributed by atoms with Crippen LogP contribution in [0.3, 0.4) is 0 Å². The molecule has 4 aromatic rings. The molecule has 1 fully saturated rings. The lowest BCUT2D eigenvalue weighted by Gasteiger charge is -2.16.